The van der Waals surface area contributed by atoms with Crippen LogP contribution in [0.1, 0.15) is 117 Å². The molecule has 3 aromatic carbocycles. The zero-order valence-electron chi connectivity index (χ0n) is 31.2. The molecular formula is C42H53N5O6S. The summed E-state index contributed by atoms with van der Waals surface area (Å²) in [4.78, 5) is 29.8. The molecule has 3 atom stereocenters. The maximum absolute atomic E-state index is 13.7. The standard InChI is InChI=1S/C42H53N5O6S/c1-41(49)19-16-29(17-20-41)27-43-36-15-14-32(25-39(36)47(50)51)54(52,53)44-40(48)35-9-4-5-10-37(35)45-24-22-42(28-45)21-18-31(26-42)46-23-6-11-38(46)34-8-3-2-7-33(34)30-12-13-30/h2-5,7-10,14-15,25,29-31,38,43,49H,6,11-13,16-24,26-28H2,1H3,(H,44,48)/t29?,31?,38-,41?,42?/m0/s1. The molecule has 5 fully saturated rings. The molecule has 3 saturated carbocycles. The largest absolute Gasteiger partial charge is 0.390 e. The number of nitro groups is 1. The van der Waals surface area contributed by atoms with Gasteiger partial charge in [-0.05, 0) is 143 Å². The Labute approximate surface area is 318 Å². The molecule has 3 N–H and O–H groups in total. The summed E-state index contributed by atoms with van der Waals surface area (Å²) in [6, 6.07) is 20.9. The van der Waals surface area contributed by atoms with Crippen LogP contribution >= 0.6 is 0 Å². The van der Waals surface area contributed by atoms with E-state index in [0.717, 1.165) is 63.7 Å². The summed E-state index contributed by atoms with van der Waals surface area (Å²) < 4.78 is 29.3. The molecule has 2 aliphatic heterocycles. The Kier molecular flexibility index (Phi) is 9.98. The van der Waals surface area contributed by atoms with E-state index in [1.165, 1.54) is 49.8 Å². The van der Waals surface area contributed by atoms with Crippen LogP contribution in [0.15, 0.2) is 71.6 Å². The zero-order chi connectivity index (χ0) is 37.7. The number of hydrogen-bond donors (Lipinski definition) is 3. The molecule has 5 aliphatic rings. The molecule has 54 heavy (non-hydrogen) atoms. The van der Waals surface area contributed by atoms with Crippen LogP contribution in [-0.4, -0.2) is 67.1 Å². The minimum Gasteiger partial charge on any atom is -0.390 e. The van der Waals surface area contributed by atoms with E-state index in [1.54, 1.807) is 17.7 Å². The molecule has 11 nitrogen and oxygen atoms in total. The highest BCUT2D eigenvalue weighted by Gasteiger charge is 2.48. The fraction of sp³-hybridized carbons (Fsp3) is 0.548. The summed E-state index contributed by atoms with van der Waals surface area (Å²) in [5.41, 5.74) is 3.37. The van der Waals surface area contributed by atoms with E-state index >= 15 is 0 Å². The quantitative estimate of drug-likeness (QED) is 0.134. The highest BCUT2D eigenvalue weighted by Crippen LogP contribution is 2.52. The molecule has 288 valence electrons. The van der Waals surface area contributed by atoms with Crippen LogP contribution in [0.2, 0.25) is 0 Å². The van der Waals surface area contributed by atoms with Gasteiger partial charge < -0.3 is 15.3 Å². The smallest absolute Gasteiger partial charge is 0.293 e. The minimum absolute atomic E-state index is 0.147. The minimum atomic E-state index is -4.42. The summed E-state index contributed by atoms with van der Waals surface area (Å²) in [6.45, 7) is 5.04. The predicted molar refractivity (Wildman–Crippen MR) is 209 cm³/mol. The van der Waals surface area contributed by atoms with Crippen LogP contribution in [0.3, 0.4) is 0 Å². The van der Waals surface area contributed by atoms with Crippen molar-refractivity contribution in [1.82, 2.24) is 9.62 Å². The number of nitrogens with one attached hydrogen (secondary N) is 2. The van der Waals surface area contributed by atoms with Crippen LogP contribution < -0.4 is 14.9 Å². The number of carbonyl (C=O) groups excluding carboxylic acids is 1. The lowest BCUT2D eigenvalue weighted by Crippen LogP contribution is -2.35. The van der Waals surface area contributed by atoms with Crippen LogP contribution in [0.5, 0.6) is 0 Å². The zero-order valence-corrected chi connectivity index (χ0v) is 32.0. The Bertz CT molecular complexity index is 2010. The van der Waals surface area contributed by atoms with Crippen molar-refractivity contribution < 1.29 is 23.2 Å². The molecule has 3 aliphatic carbocycles. The van der Waals surface area contributed by atoms with Gasteiger partial charge in [-0.1, -0.05) is 36.4 Å². The van der Waals surface area contributed by atoms with E-state index in [0.29, 0.717) is 37.2 Å². The number of hydrogen-bond acceptors (Lipinski definition) is 9. The van der Waals surface area contributed by atoms with Crippen molar-refractivity contribution in [2.45, 2.75) is 112 Å². The van der Waals surface area contributed by atoms with Gasteiger partial charge in [-0.2, -0.15) is 0 Å². The number of anilines is 2. The molecule has 2 saturated heterocycles. The lowest BCUT2D eigenvalue weighted by atomic mass is 9.80. The van der Waals surface area contributed by atoms with Crippen molar-refractivity contribution in [2.75, 3.05) is 36.4 Å². The van der Waals surface area contributed by atoms with Gasteiger partial charge in [0, 0.05) is 43.5 Å². The van der Waals surface area contributed by atoms with Gasteiger partial charge in [-0.25, -0.2) is 13.1 Å². The van der Waals surface area contributed by atoms with Gasteiger partial charge in [0.2, 0.25) is 0 Å². The van der Waals surface area contributed by atoms with E-state index in [4.69, 9.17) is 0 Å². The molecule has 0 aromatic heterocycles. The molecular weight excluding hydrogens is 703 g/mol. The summed E-state index contributed by atoms with van der Waals surface area (Å²) in [6.07, 6.45) is 12.4. The highest BCUT2D eigenvalue weighted by atomic mass is 32.2. The van der Waals surface area contributed by atoms with Crippen molar-refractivity contribution in [2.24, 2.45) is 11.3 Å². The van der Waals surface area contributed by atoms with Crippen molar-refractivity contribution in [3.05, 3.63) is 93.5 Å². The molecule has 0 bridgehead atoms. The Balaban J connectivity index is 0.928. The number of rotatable bonds is 11. The summed E-state index contributed by atoms with van der Waals surface area (Å²) in [7, 11) is -4.42. The number of nitrogens with zero attached hydrogens (tertiary/aromatic N) is 3. The lowest BCUT2D eigenvalue weighted by Gasteiger charge is -2.33. The Morgan fingerprint density at radius 1 is 0.926 bits per heavy atom. The first-order chi connectivity index (χ1) is 25.9. The van der Waals surface area contributed by atoms with Gasteiger partial charge in [0.25, 0.3) is 21.6 Å². The van der Waals surface area contributed by atoms with E-state index < -0.39 is 26.5 Å². The second-order valence-corrected chi connectivity index (χ2v) is 18.8. The molecule has 1 amide bonds. The molecule has 0 radical (unpaired) electrons. The maximum Gasteiger partial charge on any atom is 0.293 e. The van der Waals surface area contributed by atoms with Crippen molar-refractivity contribution >= 4 is 33.0 Å². The topological polar surface area (TPSA) is 145 Å². The van der Waals surface area contributed by atoms with Gasteiger partial charge in [0.1, 0.15) is 5.69 Å². The predicted octanol–water partition coefficient (Wildman–Crippen LogP) is 7.53. The third-order valence-electron chi connectivity index (χ3n) is 13.2. The SMILES string of the molecule is CC1(O)CCC(CNc2ccc(S(=O)(=O)NC(=O)c3ccccc3N3CCC4(CCC(N5CCC[C@H]5c5ccccc5C5CC5)C4)C3)cc2[N+](=O)[O-])CC1. The van der Waals surface area contributed by atoms with Crippen LogP contribution in [-0.2, 0) is 10.0 Å². The molecule has 12 heteroatoms. The Hall–Kier alpha value is -4.00. The first kappa shape index (κ1) is 36.9. The van der Waals surface area contributed by atoms with E-state index in [1.807, 2.05) is 19.1 Å². The third-order valence-corrected chi connectivity index (χ3v) is 14.5. The van der Waals surface area contributed by atoms with Gasteiger partial charge >= 0.3 is 0 Å². The number of carbonyl (C=O) groups is 1. The number of likely N-dealkylation sites (tertiary alicyclic amines) is 1. The number of para-hydroxylation sites is 1. The van der Waals surface area contributed by atoms with Crippen molar-refractivity contribution in [1.29, 1.82) is 0 Å². The average Bonchev–Trinajstić information content (AvgIpc) is 3.53. The fourth-order valence-electron chi connectivity index (χ4n) is 10.0. The number of aliphatic hydroxyl groups is 1. The summed E-state index contributed by atoms with van der Waals surface area (Å²) in [5, 5.41) is 25.4. The molecule has 2 heterocycles. The second-order valence-electron chi connectivity index (χ2n) is 17.1. The average molecular weight is 756 g/mol. The first-order valence-corrected chi connectivity index (χ1v) is 21.4. The van der Waals surface area contributed by atoms with E-state index in [-0.39, 0.29) is 33.2 Å². The maximum atomic E-state index is 13.7. The number of benzene rings is 3. The van der Waals surface area contributed by atoms with Crippen LogP contribution in [0.25, 0.3) is 0 Å². The van der Waals surface area contributed by atoms with Gasteiger partial charge in [-0.15, -0.1) is 0 Å². The molecule has 2 unspecified atom stereocenters. The normalized spacial score (nSPS) is 28.8. The molecule has 1 spiro atoms. The molecule has 8 rings (SSSR count). The van der Waals surface area contributed by atoms with Gasteiger partial charge in [-0.3, -0.25) is 19.8 Å². The van der Waals surface area contributed by atoms with E-state index in [2.05, 4.69) is 44.1 Å². The third kappa shape index (κ3) is 7.62. The summed E-state index contributed by atoms with van der Waals surface area (Å²) in [5.74, 6) is 0.210. The Morgan fingerprint density at radius 3 is 2.43 bits per heavy atom. The number of sulfonamides is 1. The monoisotopic (exact) mass is 755 g/mol. The Morgan fingerprint density at radius 2 is 1.67 bits per heavy atom. The first-order valence-electron chi connectivity index (χ1n) is 19.9. The van der Waals surface area contributed by atoms with Crippen molar-refractivity contribution in [3.63, 3.8) is 0 Å². The molecule has 3 aromatic rings. The van der Waals surface area contributed by atoms with Crippen LogP contribution in [0.4, 0.5) is 17.1 Å². The number of amides is 1. The number of nitro benzene ring substituents is 1. The van der Waals surface area contributed by atoms with Gasteiger partial charge in [0.15, 0.2) is 0 Å². The summed E-state index contributed by atoms with van der Waals surface area (Å²) >= 11 is 0. The van der Waals surface area contributed by atoms with E-state index in [9.17, 15) is 28.4 Å². The highest BCUT2D eigenvalue weighted by molar-refractivity contribution is 7.90. The van der Waals surface area contributed by atoms with Crippen LogP contribution in [0, 0.1) is 21.4 Å². The lowest BCUT2D eigenvalue weighted by molar-refractivity contribution is -0.384. The van der Waals surface area contributed by atoms with Crippen molar-refractivity contribution in [3.8, 4) is 0 Å². The van der Waals surface area contributed by atoms with Gasteiger partial charge in [0.05, 0.1) is 21.0 Å². The second kappa shape index (κ2) is 14.6. The fourth-order valence-corrected chi connectivity index (χ4v) is 11.0.